The smallest absolute Gasteiger partial charge is 0.320 e. The number of halogens is 1. The summed E-state index contributed by atoms with van der Waals surface area (Å²) in [4.78, 5) is 71.4. The predicted octanol–water partition coefficient (Wildman–Crippen LogP) is 1.67. The topological polar surface area (TPSA) is 205 Å². The number of benzene rings is 1. The number of nitrogens with zero attached hydrogens (tertiary/aromatic N) is 11. The Morgan fingerprint density at radius 3 is 2.41 bits per heavy atom. The van der Waals surface area contributed by atoms with Gasteiger partial charge in [0, 0.05) is 104 Å². The van der Waals surface area contributed by atoms with Gasteiger partial charge in [0.15, 0.2) is 11.5 Å². The SMILES string of the molecule is CN1CCN([C@@H]2CCCN(c3nnc(C(N)=O)c(Nc4ccc(N5CCN(CC6CCN(c7ccc8c(n7)N(C)NC8C7CCC(=O)NC7=O)CC6)CC5)c(F)c4)n3)C2)C1=O. The standard InChI is InChI=1S/C41H54FN15O4/c1-51-16-21-57(41(51)61)27-4-3-13-56(24-27)40-47-37(35(36(43)59)48-49-40)44-26-5-8-31(30(42)22-26)54-19-17-53(18-20-54)23-25-11-14-55(15-12-25)32-9-6-28-34(50-52(2)38(28)45-32)29-7-10-33(58)46-39(29)60/h5-6,8-9,22,25,27,29,34,50H,3-4,7,10-21,23-24H2,1-2H3,(H2,43,59)(H,44,47,49)(H,46,58,60)/t27-,29?,34?/m1/s1. The van der Waals surface area contributed by atoms with E-state index >= 15 is 4.39 Å². The van der Waals surface area contributed by atoms with Crippen LogP contribution in [0.15, 0.2) is 30.3 Å². The fourth-order valence-electron chi connectivity index (χ4n) is 9.77. The number of piperazine rings is 1. The summed E-state index contributed by atoms with van der Waals surface area (Å²) < 4.78 is 15.8. The van der Waals surface area contributed by atoms with Gasteiger partial charge >= 0.3 is 6.03 Å². The first kappa shape index (κ1) is 40.5. The molecule has 61 heavy (non-hydrogen) atoms. The monoisotopic (exact) mass is 839 g/mol. The maximum absolute atomic E-state index is 15.8. The van der Waals surface area contributed by atoms with Crippen molar-refractivity contribution in [1.82, 2.24) is 45.6 Å². The number of urea groups is 1. The summed E-state index contributed by atoms with van der Waals surface area (Å²) in [6, 6.07) is 8.83. The van der Waals surface area contributed by atoms with Gasteiger partial charge in [-0.3, -0.25) is 29.6 Å². The number of fused-ring (bicyclic) bond motifs is 1. The summed E-state index contributed by atoms with van der Waals surface area (Å²) in [7, 11) is 3.72. The number of nitrogens with two attached hydrogens (primary N) is 1. The van der Waals surface area contributed by atoms with Crippen molar-refractivity contribution in [1.29, 1.82) is 0 Å². The molecule has 9 rings (SSSR count). The number of imide groups is 1. The van der Waals surface area contributed by atoms with Gasteiger partial charge in [-0.05, 0) is 68.4 Å². The zero-order valence-corrected chi connectivity index (χ0v) is 34.7. The van der Waals surface area contributed by atoms with E-state index in [0.29, 0.717) is 75.4 Å². The molecule has 19 nitrogen and oxygen atoms in total. The van der Waals surface area contributed by atoms with Crippen LogP contribution < -0.4 is 41.5 Å². The summed E-state index contributed by atoms with van der Waals surface area (Å²) in [5, 5.41) is 15.7. The Labute approximate surface area is 353 Å². The first-order valence-corrected chi connectivity index (χ1v) is 21.4. The molecule has 6 aliphatic rings. The Balaban J connectivity index is 0.766. The van der Waals surface area contributed by atoms with Crippen LogP contribution in [0, 0.1) is 17.7 Å². The number of primary amides is 1. The number of carbonyl (C=O) groups is 4. The van der Waals surface area contributed by atoms with Gasteiger partial charge in [0.25, 0.3) is 5.91 Å². The van der Waals surface area contributed by atoms with Gasteiger partial charge in [-0.15, -0.1) is 10.2 Å². The Bertz CT molecular complexity index is 2180. The zero-order chi connectivity index (χ0) is 42.4. The number of rotatable bonds is 10. The molecule has 3 atom stereocenters. The molecule has 0 aliphatic carbocycles. The molecule has 5 fully saturated rings. The number of amides is 5. The third-order valence-electron chi connectivity index (χ3n) is 13.2. The minimum Gasteiger partial charge on any atom is -0.367 e. The van der Waals surface area contributed by atoms with Gasteiger partial charge in [-0.25, -0.2) is 19.6 Å². The Kier molecular flexibility index (Phi) is 11.2. The summed E-state index contributed by atoms with van der Waals surface area (Å²) in [5.74, 6) is 0.728. The van der Waals surface area contributed by atoms with E-state index in [4.69, 9.17) is 10.7 Å². The molecule has 2 unspecified atom stereocenters. The lowest BCUT2D eigenvalue weighted by molar-refractivity contribution is -0.137. The number of pyridine rings is 1. The number of aromatic nitrogens is 4. The van der Waals surface area contributed by atoms with Crippen molar-refractivity contribution in [2.75, 3.05) is 111 Å². The van der Waals surface area contributed by atoms with E-state index in [-0.39, 0.29) is 53.2 Å². The molecule has 1 aromatic carbocycles. The van der Waals surface area contributed by atoms with E-state index in [0.717, 1.165) is 75.6 Å². The van der Waals surface area contributed by atoms with Crippen LogP contribution in [0.1, 0.15) is 60.6 Å². The van der Waals surface area contributed by atoms with Crippen molar-refractivity contribution < 1.29 is 23.6 Å². The molecule has 20 heteroatoms. The molecule has 5 N–H and O–H groups in total. The molecule has 6 aliphatic heterocycles. The number of piperidine rings is 3. The normalized spacial score (nSPS) is 24.1. The second-order valence-electron chi connectivity index (χ2n) is 17.1. The van der Waals surface area contributed by atoms with Gasteiger partial charge in [-0.1, -0.05) is 0 Å². The number of hydrogen-bond donors (Lipinski definition) is 4. The minimum absolute atomic E-state index is 0.00993. The summed E-state index contributed by atoms with van der Waals surface area (Å²) >= 11 is 0. The van der Waals surface area contributed by atoms with Crippen LogP contribution in [0.4, 0.5) is 44.0 Å². The number of nitrogens with one attached hydrogen (secondary N) is 3. The molecule has 324 valence electrons. The lowest BCUT2D eigenvalue weighted by atomic mass is 9.87. The van der Waals surface area contributed by atoms with Crippen LogP contribution in [0.2, 0.25) is 0 Å². The van der Waals surface area contributed by atoms with Crippen molar-refractivity contribution >= 4 is 58.5 Å². The van der Waals surface area contributed by atoms with E-state index < -0.39 is 5.91 Å². The zero-order valence-electron chi connectivity index (χ0n) is 34.7. The fraction of sp³-hybridized carbons (Fsp3) is 0.561. The summed E-state index contributed by atoms with van der Waals surface area (Å²) in [6.07, 6.45) is 4.66. The number of hydrazine groups is 1. The molecular formula is C41H54FN15O4. The van der Waals surface area contributed by atoms with Crippen molar-refractivity contribution in [3.05, 3.63) is 47.4 Å². The minimum atomic E-state index is -0.804. The highest BCUT2D eigenvalue weighted by Gasteiger charge is 2.41. The largest absolute Gasteiger partial charge is 0.367 e. The highest BCUT2D eigenvalue weighted by atomic mass is 19.1. The van der Waals surface area contributed by atoms with Crippen LogP contribution in [0.5, 0.6) is 0 Å². The second kappa shape index (κ2) is 16.9. The van der Waals surface area contributed by atoms with Crippen LogP contribution >= 0.6 is 0 Å². The molecule has 3 aromatic rings. The fourth-order valence-corrected chi connectivity index (χ4v) is 9.77. The van der Waals surface area contributed by atoms with E-state index in [2.05, 4.69) is 52.0 Å². The van der Waals surface area contributed by atoms with Crippen molar-refractivity contribution in [2.24, 2.45) is 17.6 Å². The quantitative estimate of drug-likeness (QED) is 0.215. The van der Waals surface area contributed by atoms with Crippen LogP contribution in [0.25, 0.3) is 0 Å². The van der Waals surface area contributed by atoms with Crippen LogP contribution in [-0.2, 0) is 9.59 Å². The van der Waals surface area contributed by atoms with E-state index in [1.54, 1.807) is 24.1 Å². The number of hydrogen-bond acceptors (Lipinski definition) is 15. The van der Waals surface area contributed by atoms with Gasteiger partial charge in [0.05, 0.1) is 23.7 Å². The average Bonchev–Trinajstić information content (AvgIpc) is 3.77. The van der Waals surface area contributed by atoms with E-state index in [1.807, 2.05) is 27.9 Å². The summed E-state index contributed by atoms with van der Waals surface area (Å²) in [6.45, 7) is 8.43. The molecule has 0 radical (unpaired) electrons. The number of likely N-dealkylation sites (N-methyl/N-ethyl adjacent to an activating group) is 1. The maximum Gasteiger partial charge on any atom is 0.320 e. The highest BCUT2D eigenvalue weighted by Crippen LogP contribution is 2.39. The molecule has 2 aromatic heterocycles. The third-order valence-corrected chi connectivity index (χ3v) is 13.2. The molecular weight excluding hydrogens is 786 g/mol. The molecule has 8 heterocycles. The molecule has 5 amide bonds. The van der Waals surface area contributed by atoms with Gasteiger partial charge in [-0.2, -0.15) is 4.98 Å². The first-order valence-electron chi connectivity index (χ1n) is 21.4. The summed E-state index contributed by atoms with van der Waals surface area (Å²) in [5.41, 5.74) is 10.8. The first-order chi connectivity index (χ1) is 29.5. The second-order valence-corrected chi connectivity index (χ2v) is 17.1. The molecule has 0 spiro atoms. The van der Waals surface area contributed by atoms with Crippen molar-refractivity contribution in [3.63, 3.8) is 0 Å². The van der Waals surface area contributed by atoms with Crippen molar-refractivity contribution in [3.8, 4) is 0 Å². The highest BCUT2D eigenvalue weighted by molar-refractivity contribution is 5.99. The Morgan fingerprint density at radius 1 is 0.885 bits per heavy atom. The molecule has 0 bridgehead atoms. The number of anilines is 6. The Hall–Kier alpha value is -5.89. The van der Waals surface area contributed by atoms with Gasteiger partial charge in [0.1, 0.15) is 17.5 Å². The van der Waals surface area contributed by atoms with Crippen LogP contribution in [0.3, 0.4) is 0 Å². The lowest BCUT2D eigenvalue weighted by Crippen LogP contribution is -2.49. The Morgan fingerprint density at radius 2 is 1.69 bits per heavy atom. The molecule has 5 saturated heterocycles. The van der Waals surface area contributed by atoms with E-state index in [9.17, 15) is 19.2 Å². The number of carbonyl (C=O) groups excluding carboxylic acids is 4. The van der Waals surface area contributed by atoms with Crippen molar-refractivity contribution in [2.45, 2.75) is 50.6 Å². The van der Waals surface area contributed by atoms with Gasteiger partial charge < -0.3 is 35.6 Å². The van der Waals surface area contributed by atoms with E-state index in [1.165, 1.54) is 6.07 Å². The van der Waals surface area contributed by atoms with Crippen LogP contribution in [-0.4, -0.2) is 151 Å². The average molecular weight is 840 g/mol. The predicted molar refractivity (Wildman–Crippen MR) is 226 cm³/mol. The van der Waals surface area contributed by atoms with Gasteiger partial charge in [0.2, 0.25) is 17.8 Å². The molecule has 0 saturated carbocycles. The maximum atomic E-state index is 15.8. The lowest BCUT2D eigenvalue weighted by Gasteiger charge is -2.40. The third kappa shape index (κ3) is 8.29.